The number of hydrogen-bond donors (Lipinski definition) is 1. The van der Waals surface area contributed by atoms with Crippen LogP contribution in [0.2, 0.25) is 0 Å². The Kier molecular flexibility index (Phi) is 4.44. The second kappa shape index (κ2) is 6.67. The van der Waals surface area contributed by atoms with Crippen molar-refractivity contribution in [3.05, 3.63) is 82.8 Å². The summed E-state index contributed by atoms with van der Waals surface area (Å²) in [4.78, 5) is 14.5. The predicted octanol–water partition coefficient (Wildman–Crippen LogP) is 4.61. The van der Waals surface area contributed by atoms with Gasteiger partial charge in [-0.05, 0) is 42.5 Å². The first-order valence-corrected chi connectivity index (χ1v) is 8.08. The molecule has 23 heavy (non-hydrogen) atoms. The minimum Gasteiger partial charge on any atom is -0.278 e. The third-order valence-corrected chi connectivity index (χ3v) is 4.36. The van der Waals surface area contributed by atoms with Crippen LogP contribution in [0.5, 0.6) is 0 Å². The molecule has 114 valence electrons. The maximum absolute atomic E-state index is 12.5. The molecule has 0 saturated carbocycles. The largest absolute Gasteiger partial charge is 0.278 e. The first-order chi connectivity index (χ1) is 11.1. The van der Waals surface area contributed by atoms with Gasteiger partial charge in [0.2, 0.25) is 0 Å². The van der Waals surface area contributed by atoms with Crippen LogP contribution in [-0.2, 0) is 4.79 Å². The summed E-state index contributed by atoms with van der Waals surface area (Å²) in [6.45, 7) is 2.00. The molecule has 1 saturated heterocycles. The molecule has 0 aromatic heterocycles. The molecule has 0 radical (unpaired) electrons. The smallest absolute Gasteiger partial charge is 0.271 e. The topological polar surface area (TPSA) is 44.2 Å². The Labute approximate surface area is 139 Å². The fraction of sp³-hybridized carbons (Fsp3) is 0.0526. The maximum atomic E-state index is 12.5. The second-order valence-electron chi connectivity index (χ2n) is 5.18. The van der Waals surface area contributed by atoms with Gasteiger partial charge in [-0.3, -0.25) is 15.1 Å². The fourth-order valence-corrected chi connectivity index (χ4v) is 3.05. The minimum absolute atomic E-state index is 0.151. The van der Waals surface area contributed by atoms with E-state index in [1.54, 1.807) is 6.08 Å². The van der Waals surface area contributed by atoms with Gasteiger partial charge in [0.25, 0.3) is 5.91 Å². The van der Waals surface area contributed by atoms with E-state index in [0.29, 0.717) is 4.91 Å². The summed E-state index contributed by atoms with van der Waals surface area (Å²) in [5.41, 5.74) is 2.93. The molecule has 1 aliphatic heterocycles. The van der Waals surface area contributed by atoms with Gasteiger partial charge in [0, 0.05) is 0 Å². The summed E-state index contributed by atoms with van der Waals surface area (Å²) in [5.74, 6) is -0.151. The van der Waals surface area contributed by atoms with Crippen molar-refractivity contribution >= 4 is 34.6 Å². The van der Waals surface area contributed by atoms with E-state index in [-0.39, 0.29) is 11.1 Å². The quantitative estimate of drug-likeness (QED) is 0.840. The molecule has 0 bridgehead atoms. The first-order valence-electron chi connectivity index (χ1n) is 7.26. The third kappa shape index (κ3) is 3.43. The summed E-state index contributed by atoms with van der Waals surface area (Å²) >= 11 is 1.19. The average molecular weight is 320 g/mol. The van der Waals surface area contributed by atoms with Gasteiger partial charge in [0.05, 0.1) is 10.6 Å². The molecular weight excluding hydrogens is 304 g/mol. The van der Waals surface area contributed by atoms with Crippen molar-refractivity contribution < 1.29 is 4.79 Å². The molecule has 2 aromatic rings. The molecule has 1 heterocycles. The van der Waals surface area contributed by atoms with Crippen LogP contribution in [0.15, 0.2) is 71.7 Å². The zero-order chi connectivity index (χ0) is 16.2. The van der Waals surface area contributed by atoms with Gasteiger partial charge in [-0.1, -0.05) is 60.2 Å². The summed E-state index contributed by atoms with van der Waals surface area (Å²) < 4.78 is 0. The van der Waals surface area contributed by atoms with E-state index in [1.165, 1.54) is 16.7 Å². The molecule has 1 fully saturated rings. The number of rotatable bonds is 3. The lowest BCUT2D eigenvalue weighted by Crippen LogP contribution is -2.28. The molecule has 1 aliphatic rings. The van der Waals surface area contributed by atoms with Crippen molar-refractivity contribution in [2.45, 2.75) is 6.92 Å². The number of anilines is 1. The van der Waals surface area contributed by atoms with E-state index in [9.17, 15) is 4.79 Å². The summed E-state index contributed by atoms with van der Waals surface area (Å²) in [6, 6.07) is 17.5. The summed E-state index contributed by atoms with van der Waals surface area (Å²) in [7, 11) is 0. The zero-order valence-electron chi connectivity index (χ0n) is 12.7. The molecule has 3 rings (SSSR count). The highest BCUT2D eigenvalue weighted by atomic mass is 32.2. The van der Waals surface area contributed by atoms with Crippen LogP contribution in [0.1, 0.15) is 11.1 Å². The summed E-state index contributed by atoms with van der Waals surface area (Å²) in [6.07, 6.45) is 5.56. The minimum atomic E-state index is -0.151. The maximum Gasteiger partial charge on any atom is 0.271 e. The number of nitrogens with one attached hydrogen (secondary N) is 1. The molecule has 1 amide bonds. The van der Waals surface area contributed by atoms with E-state index in [2.05, 4.69) is 0 Å². The fourth-order valence-electron chi connectivity index (χ4n) is 2.24. The average Bonchev–Trinajstić information content (AvgIpc) is 2.84. The van der Waals surface area contributed by atoms with Crippen LogP contribution in [0.25, 0.3) is 6.08 Å². The lowest BCUT2D eigenvalue weighted by atomic mass is 10.2. The van der Waals surface area contributed by atoms with Crippen molar-refractivity contribution in [3.8, 4) is 0 Å². The number of amides is 1. The van der Waals surface area contributed by atoms with Crippen LogP contribution in [0.3, 0.4) is 0 Å². The van der Waals surface area contributed by atoms with Crippen LogP contribution in [-0.4, -0.2) is 11.1 Å². The normalized spacial score (nSPS) is 16.7. The standard InChI is InChI=1S/C19H16N2OS/c1-14-10-12-16(13-11-14)21-18(22)17(23-19(21)20)9-5-8-15-6-3-2-4-7-15/h2-13,20H,1H3/b8-5+,17-9-,20-19?. The highest BCUT2D eigenvalue weighted by molar-refractivity contribution is 8.19. The number of aryl methyl sites for hydroxylation is 1. The number of carbonyl (C=O) groups is 1. The van der Waals surface area contributed by atoms with E-state index >= 15 is 0 Å². The van der Waals surface area contributed by atoms with E-state index in [1.807, 2.05) is 73.7 Å². The SMILES string of the molecule is Cc1ccc(N2C(=N)S/C(=C\C=C\c3ccccc3)C2=O)cc1. The zero-order valence-corrected chi connectivity index (χ0v) is 13.5. The number of benzene rings is 2. The molecule has 3 nitrogen and oxygen atoms in total. The van der Waals surface area contributed by atoms with Crippen molar-refractivity contribution in [2.24, 2.45) is 0 Å². The van der Waals surface area contributed by atoms with Gasteiger partial charge < -0.3 is 0 Å². The summed E-state index contributed by atoms with van der Waals surface area (Å²) in [5, 5.41) is 8.30. The Hall–Kier alpha value is -2.59. The Morgan fingerprint density at radius 2 is 1.74 bits per heavy atom. The van der Waals surface area contributed by atoms with Crippen molar-refractivity contribution in [3.63, 3.8) is 0 Å². The monoisotopic (exact) mass is 320 g/mol. The van der Waals surface area contributed by atoms with Gasteiger partial charge in [0.15, 0.2) is 5.17 Å². The van der Waals surface area contributed by atoms with Gasteiger partial charge >= 0.3 is 0 Å². The predicted molar refractivity (Wildman–Crippen MR) is 97.5 cm³/mol. The molecule has 4 heteroatoms. The van der Waals surface area contributed by atoms with E-state index in [4.69, 9.17) is 5.41 Å². The lowest BCUT2D eigenvalue weighted by Gasteiger charge is -2.14. The molecule has 0 unspecified atom stereocenters. The Morgan fingerprint density at radius 3 is 2.43 bits per heavy atom. The van der Waals surface area contributed by atoms with Gasteiger partial charge in [-0.25, -0.2) is 0 Å². The number of hydrogen-bond acceptors (Lipinski definition) is 3. The van der Waals surface area contributed by atoms with Crippen LogP contribution >= 0.6 is 11.8 Å². The molecule has 1 N–H and O–H groups in total. The lowest BCUT2D eigenvalue weighted by molar-refractivity contribution is -0.113. The van der Waals surface area contributed by atoms with E-state index in [0.717, 1.165) is 16.8 Å². The van der Waals surface area contributed by atoms with E-state index < -0.39 is 0 Å². The molecule has 2 aromatic carbocycles. The molecular formula is C19H16N2OS. The van der Waals surface area contributed by atoms with Crippen LogP contribution in [0, 0.1) is 12.3 Å². The highest BCUT2D eigenvalue weighted by Crippen LogP contribution is 2.34. The number of thioether (sulfide) groups is 1. The van der Waals surface area contributed by atoms with Gasteiger partial charge in [-0.2, -0.15) is 0 Å². The number of carbonyl (C=O) groups excluding carboxylic acids is 1. The van der Waals surface area contributed by atoms with Crippen molar-refractivity contribution in [2.75, 3.05) is 4.90 Å². The second-order valence-corrected chi connectivity index (χ2v) is 6.21. The third-order valence-electron chi connectivity index (χ3n) is 3.45. The Bertz CT molecular complexity index is 792. The van der Waals surface area contributed by atoms with Crippen molar-refractivity contribution in [1.29, 1.82) is 5.41 Å². The number of nitrogens with zero attached hydrogens (tertiary/aromatic N) is 1. The van der Waals surface area contributed by atoms with Crippen LogP contribution < -0.4 is 4.90 Å². The molecule has 0 atom stereocenters. The molecule has 0 aliphatic carbocycles. The molecule has 0 spiro atoms. The number of allylic oxidation sites excluding steroid dienone is 2. The number of amidine groups is 1. The Balaban J connectivity index is 1.79. The first kappa shape index (κ1) is 15.3. The Morgan fingerprint density at radius 1 is 1.04 bits per heavy atom. The van der Waals surface area contributed by atoms with Crippen LogP contribution in [0.4, 0.5) is 5.69 Å². The van der Waals surface area contributed by atoms with Crippen molar-refractivity contribution in [1.82, 2.24) is 0 Å². The highest BCUT2D eigenvalue weighted by Gasteiger charge is 2.32. The van der Waals surface area contributed by atoms with Gasteiger partial charge in [-0.15, -0.1) is 0 Å². The van der Waals surface area contributed by atoms with Gasteiger partial charge in [0.1, 0.15) is 0 Å².